The zero-order valence-corrected chi connectivity index (χ0v) is 11.3. The Hall–Kier alpha value is -0.330. The van der Waals surface area contributed by atoms with Crippen LogP contribution in [0.25, 0.3) is 0 Å². The lowest BCUT2D eigenvalue weighted by molar-refractivity contribution is 0.283. The van der Waals surface area contributed by atoms with Gasteiger partial charge in [-0.1, -0.05) is 40.2 Å². The van der Waals surface area contributed by atoms with Crippen LogP contribution in [-0.2, 0) is 0 Å². The van der Waals surface area contributed by atoms with E-state index in [0.717, 1.165) is 18.3 Å². The van der Waals surface area contributed by atoms with Crippen LogP contribution in [0.15, 0.2) is 11.9 Å². The number of hydrogen-bond acceptors (Lipinski definition) is 0. The van der Waals surface area contributed by atoms with Crippen LogP contribution in [0.5, 0.6) is 0 Å². The summed E-state index contributed by atoms with van der Waals surface area (Å²) in [6.45, 7) is 8.96. The van der Waals surface area contributed by atoms with Crippen molar-refractivity contribution in [2.45, 2.75) is 59.8 Å². The van der Waals surface area contributed by atoms with E-state index in [1.54, 1.807) is 0 Å². The highest BCUT2D eigenvalue weighted by Gasteiger charge is 2.18. The molecule has 1 rings (SSSR count). The first-order chi connectivity index (χ1) is 7.49. The normalized spacial score (nSPS) is 33.6. The topological polar surface area (TPSA) is 0 Å². The van der Waals surface area contributed by atoms with Gasteiger partial charge in [0.1, 0.15) is 0 Å². The Labute approximate surface area is 100 Å². The van der Waals surface area contributed by atoms with E-state index in [2.05, 4.69) is 27.7 Å². The number of rotatable bonds is 1. The van der Waals surface area contributed by atoms with Crippen molar-refractivity contribution in [1.82, 2.24) is 0 Å². The van der Waals surface area contributed by atoms with Crippen LogP contribution in [0.4, 0.5) is 4.39 Å². The van der Waals surface area contributed by atoms with Gasteiger partial charge in [0.15, 0.2) is 0 Å². The fraction of sp³-hybridized carbons (Fsp3) is 0.867. The maximum atomic E-state index is 13.6. The quantitative estimate of drug-likeness (QED) is 0.565. The molecule has 94 valence electrons. The van der Waals surface area contributed by atoms with E-state index in [-0.39, 0.29) is 5.83 Å². The van der Waals surface area contributed by atoms with Gasteiger partial charge >= 0.3 is 0 Å². The molecule has 0 aromatic heterocycles. The van der Waals surface area contributed by atoms with E-state index in [1.807, 2.05) is 6.08 Å². The molecule has 0 bridgehead atoms. The van der Waals surface area contributed by atoms with Gasteiger partial charge in [-0.25, -0.2) is 4.39 Å². The lowest BCUT2D eigenvalue weighted by atomic mass is 9.81. The Morgan fingerprint density at radius 2 is 1.75 bits per heavy atom. The Morgan fingerprint density at radius 1 is 1.12 bits per heavy atom. The molecule has 1 aliphatic rings. The minimum absolute atomic E-state index is 0.114. The largest absolute Gasteiger partial charge is 0.212 e. The molecule has 0 unspecified atom stereocenters. The van der Waals surface area contributed by atoms with Gasteiger partial charge in [-0.2, -0.15) is 0 Å². The zero-order valence-electron chi connectivity index (χ0n) is 11.3. The van der Waals surface area contributed by atoms with Crippen molar-refractivity contribution in [2.24, 2.45) is 23.7 Å². The first-order valence-electron chi connectivity index (χ1n) is 6.85. The highest BCUT2D eigenvalue weighted by molar-refractivity contribution is 4.96. The molecular formula is C15H27F. The monoisotopic (exact) mass is 226 g/mol. The Morgan fingerprint density at radius 3 is 2.38 bits per heavy atom. The van der Waals surface area contributed by atoms with Crippen molar-refractivity contribution >= 4 is 0 Å². The van der Waals surface area contributed by atoms with Gasteiger partial charge in [0.2, 0.25) is 0 Å². The zero-order chi connectivity index (χ0) is 12.1. The molecule has 16 heavy (non-hydrogen) atoms. The first-order valence-corrected chi connectivity index (χ1v) is 6.85. The molecule has 0 N–H and O–H groups in total. The van der Waals surface area contributed by atoms with E-state index < -0.39 is 0 Å². The summed E-state index contributed by atoms with van der Waals surface area (Å²) in [5.74, 6) is 2.63. The molecule has 1 heteroatoms. The average molecular weight is 226 g/mol. The number of halogens is 1. The van der Waals surface area contributed by atoms with Crippen LogP contribution in [0.1, 0.15) is 59.8 Å². The van der Waals surface area contributed by atoms with Crippen molar-refractivity contribution in [1.29, 1.82) is 0 Å². The third-order valence-corrected chi connectivity index (χ3v) is 3.97. The van der Waals surface area contributed by atoms with Crippen LogP contribution in [0, 0.1) is 23.7 Å². The van der Waals surface area contributed by atoms with Crippen LogP contribution in [-0.4, -0.2) is 0 Å². The van der Waals surface area contributed by atoms with Crippen molar-refractivity contribution in [3.05, 3.63) is 11.9 Å². The summed E-state index contributed by atoms with van der Waals surface area (Å²) in [7, 11) is 0. The number of allylic oxidation sites excluding steroid dienone is 2. The van der Waals surface area contributed by atoms with E-state index in [4.69, 9.17) is 0 Å². The molecule has 0 radical (unpaired) electrons. The average Bonchev–Trinajstić information content (AvgIpc) is 2.15. The molecule has 0 aromatic rings. The van der Waals surface area contributed by atoms with Gasteiger partial charge < -0.3 is 0 Å². The molecule has 3 atom stereocenters. The third-order valence-electron chi connectivity index (χ3n) is 3.97. The summed E-state index contributed by atoms with van der Waals surface area (Å²) in [6, 6.07) is 0. The van der Waals surface area contributed by atoms with Crippen molar-refractivity contribution in [3.8, 4) is 0 Å². The first kappa shape index (κ1) is 13.7. The van der Waals surface area contributed by atoms with E-state index >= 15 is 0 Å². The standard InChI is InChI=1S/C15H27F/c1-11(2)14-7-5-12(3)9-15(16)10-13(4)6-8-14/h9,11-14H,5-8,10H2,1-4H3/t12-,13-,14-/m1/s1. The molecule has 0 saturated carbocycles. The molecule has 0 spiro atoms. The van der Waals surface area contributed by atoms with Gasteiger partial charge in [-0.05, 0) is 42.9 Å². The second-order valence-electron chi connectivity index (χ2n) is 6.06. The lowest BCUT2D eigenvalue weighted by Gasteiger charge is -2.25. The summed E-state index contributed by atoms with van der Waals surface area (Å²) in [5, 5.41) is 0. The second-order valence-corrected chi connectivity index (χ2v) is 6.06. The maximum Gasteiger partial charge on any atom is 0.0965 e. The molecule has 0 aliphatic heterocycles. The van der Waals surface area contributed by atoms with Gasteiger partial charge in [-0.3, -0.25) is 0 Å². The minimum atomic E-state index is 0.114. The fourth-order valence-corrected chi connectivity index (χ4v) is 2.68. The van der Waals surface area contributed by atoms with E-state index in [1.165, 1.54) is 19.3 Å². The van der Waals surface area contributed by atoms with Gasteiger partial charge in [0, 0.05) is 6.42 Å². The van der Waals surface area contributed by atoms with E-state index in [9.17, 15) is 4.39 Å². The summed E-state index contributed by atoms with van der Waals surface area (Å²) < 4.78 is 13.6. The maximum absolute atomic E-state index is 13.6. The lowest BCUT2D eigenvalue weighted by Crippen LogP contribution is -2.13. The van der Waals surface area contributed by atoms with Crippen LogP contribution >= 0.6 is 0 Å². The Bertz CT molecular complexity index is 230. The molecule has 0 fully saturated rings. The SMILES string of the molecule is CC(C)[C@H]1CC[C@@H](C)CC(F)=C[C@H](C)CC1. The van der Waals surface area contributed by atoms with Crippen LogP contribution in [0.3, 0.4) is 0 Å². The van der Waals surface area contributed by atoms with E-state index in [0.29, 0.717) is 18.3 Å². The molecule has 0 aromatic carbocycles. The summed E-state index contributed by atoms with van der Waals surface area (Å²) >= 11 is 0. The molecule has 1 aliphatic carbocycles. The minimum Gasteiger partial charge on any atom is -0.212 e. The smallest absolute Gasteiger partial charge is 0.0965 e. The molecule has 0 nitrogen and oxygen atoms in total. The number of hydrogen-bond donors (Lipinski definition) is 0. The highest BCUT2D eigenvalue weighted by Crippen LogP contribution is 2.30. The summed E-state index contributed by atoms with van der Waals surface area (Å²) in [6.07, 6.45) is 7.35. The Balaban J connectivity index is 2.64. The highest BCUT2D eigenvalue weighted by atomic mass is 19.1. The summed E-state index contributed by atoms with van der Waals surface area (Å²) in [5.41, 5.74) is 0. The predicted octanol–water partition coefficient (Wildman–Crippen LogP) is 5.35. The van der Waals surface area contributed by atoms with Crippen LogP contribution < -0.4 is 0 Å². The second kappa shape index (κ2) is 6.42. The Kier molecular flexibility index (Phi) is 5.51. The molecule has 0 saturated heterocycles. The molecular weight excluding hydrogens is 199 g/mol. The summed E-state index contributed by atoms with van der Waals surface area (Å²) in [4.78, 5) is 0. The van der Waals surface area contributed by atoms with Crippen molar-refractivity contribution in [3.63, 3.8) is 0 Å². The van der Waals surface area contributed by atoms with Gasteiger partial charge in [0.05, 0.1) is 5.83 Å². The van der Waals surface area contributed by atoms with Crippen molar-refractivity contribution < 1.29 is 4.39 Å². The molecule has 0 heterocycles. The fourth-order valence-electron chi connectivity index (χ4n) is 2.68. The van der Waals surface area contributed by atoms with Gasteiger partial charge in [-0.15, -0.1) is 0 Å². The molecule has 0 amide bonds. The predicted molar refractivity (Wildman–Crippen MR) is 68.9 cm³/mol. The van der Waals surface area contributed by atoms with Crippen LogP contribution in [0.2, 0.25) is 0 Å². The van der Waals surface area contributed by atoms with Gasteiger partial charge in [0.25, 0.3) is 0 Å². The van der Waals surface area contributed by atoms with Crippen molar-refractivity contribution in [2.75, 3.05) is 0 Å². The third kappa shape index (κ3) is 4.67.